The van der Waals surface area contributed by atoms with E-state index in [4.69, 9.17) is 16.7 Å². The molecule has 6 rings (SSSR count). The predicted molar refractivity (Wildman–Crippen MR) is 126 cm³/mol. The summed E-state index contributed by atoms with van der Waals surface area (Å²) in [5.74, 6) is 1.02. The van der Waals surface area contributed by atoms with Crippen molar-refractivity contribution in [1.82, 2.24) is 34.5 Å². The van der Waals surface area contributed by atoms with Crippen molar-refractivity contribution in [3.8, 4) is 22.9 Å². The van der Waals surface area contributed by atoms with Crippen LogP contribution in [-0.2, 0) is 0 Å². The van der Waals surface area contributed by atoms with E-state index >= 15 is 0 Å². The Bertz CT molecular complexity index is 1500. The van der Waals surface area contributed by atoms with Crippen LogP contribution in [0.4, 0.5) is 10.2 Å². The maximum Gasteiger partial charge on any atom is 0.222 e. The van der Waals surface area contributed by atoms with Crippen molar-refractivity contribution < 1.29 is 4.39 Å². The molecule has 1 unspecified atom stereocenters. The Kier molecular flexibility index (Phi) is 5.10. The second-order valence-electron chi connectivity index (χ2n) is 7.99. The molecule has 34 heavy (non-hydrogen) atoms. The lowest BCUT2D eigenvalue weighted by Gasteiger charge is -2.26. The van der Waals surface area contributed by atoms with Gasteiger partial charge in [0.05, 0.1) is 23.6 Å². The smallest absolute Gasteiger partial charge is 0.222 e. The van der Waals surface area contributed by atoms with Crippen LogP contribution in [0.2, 0.25) is 5.28 Å². The first-order chi connectivity index (χ1) is 16.7. The highest BCUT2D eigenvalue weighted by Crippen LogP contribution is 2.35. The van der Waals surface area contributed by atoms with Gasteiger partial charge in [0.25, 0.3) is 0 Å². The third-order valence-electron chi connectivity index (χ3n) is 5.90. The average molecular weight is 473 g/mol. The molecule has 1 aromatic carbocycles. The fraction of sp³-hybridized carbons (Fsp3) is 0.167. The Morgan fingerprint density at radius 2 is 1.79 bits per heavy atom. The molecule has 5 aromatic rings. The van der Waals surface area contributed by atoms with Crippen LogP contribution < -0.4 is 4.90 Å². The minimum atomic E-state index is -0.230. The van der Waals surface area contributed by atoms with Gasteiger partial charge in [-0.3, -0.25) is 0 Å². The highest BCUT2D eigenvalue weighted by atomic mass is 35.5. The van der Waals surface area contributed by atoms with Crippen LogP contribution in [0.25, 0.3) is 28.6 Å². The number of imidazole rings is 1. The van der Waals surface area contributed by atoms with Gasteiger partial charge in [-0.1, -0.05) is 12.1 Å². The second kappa shape index (κ2) is 8.42. The van der Waals surface area contributed by atoms with Crippen molar-refractivity contribution in [3.63, 3.8) is 0 Å². The van der Waals surface area contributed by atoms with Crippen LogP contribution in [0.15, 0.2) is 67.1 Å². The molecule has 0 bridgehead atoms. The number of nitrogens with zero attached hydrogens (tertiary/aromatic N) is 8. The number of anilines is 1. The quantitative estimate of drug-likeness (QED) is 0.348. The van der Waals surface area contributed by atoms with Gasteiger partial charge >= 0.3 is 0 Å². The summed E-state index contributed by atoms with van der Waals surface area (Å²) in [5, 5.41) is 5.02. The van der Waals surface area contributed by atoms with Gasteiger partial charge in [0.1, 0.15) is 17.3 Å². The summed E-state index contributed by atoms with van der Waals surface area (Å²) in [6.45, 7) is 0.837. The maximum atomic E-state index is 13.9. The van der Waals surface area contributed by atoms with E-state index in [0.29, 0.717) is 28.6 Å². The lowest BCUT2D eigenvalue weighted by atomic mass is 10.0. The number of hydrogen-bond donors (Lipinski definition) is 0. The molecule has 1 saturated heterocycles. The summed E-state index contributed by atoms with van der Waals surface area (Å²) in [6, 6.07) is 14.2. The molecule has 0 spiro atoms. The van der Waals surface area contributed by atoms with Gasteiger partial charge in [0.15, 0.2) is 11.5 Å². The number of aromatic nitrogens is 7. The normalized spacial score (nSPS) is 15.8. The van der Waals surface area contributed by atoms with Crippen molar-refractivity contribution in [1.29, 1.82) is 0 Å². The standard InChI is InChI=1S/C24H18ClFN8/c25-24-28-11-9-18(31-24)17-8-10-27-23(30-17)20-14-29-21-6-7-22(32-34(20)21)33-12-2-5-19(33)15-3-1-4-16(26)13-15/h1,3-4,6-11,13-14,19H,2,5,12H2. The molecule has 5 heterocycles. The van der Waals surface area contributed by atoms with Crippen LogP contribution >= 0.6 is 11.6 Å². The molecule has 10 heteroatoms. The topological polar surface area (TPSA) is 85.0 Å². The maximum absolute atomic E-state index is 13.9. The summed E-state index contributed by atoms with van der Waals surface area (Å²) in [6.07, 6.45) is 6.89. The molecular formula is C24H18ClFN8. The van der Waals surface area contributed by atoms with Crippen LogP contribution in [-0.4, -0.2) is 41.1 Å². The first kappa shape index (κ1) is 20.6. The van der Waals surface area contributed by atoms with E-state index in [0.717, 1.165) is 30.8 Å². The third-order valence-corrected chi connectivity index (χ3v) is 6.08. The number of fused-ring (bicyclic) bond motifs is 1. The number of halogens is 2. The molecule has 1 aliphatic heterocycles. The summed E-state index contributed by atoms with van der Waals surface area (Å²) in [7, 11) is 0. The Morgan fingerprint density at radius 1 is 0.941 bits per heavy atom. The number of hydrogen-bond acceptors (Lipinski definition) is 7. The number of rotatable bonds is 4. The molecule has 1 aliphatic rings. The van der Waals surface area contributed by atoms with E-state index in [-0.39, 0.29) is 17.1 Å². The minimum Gasteiger partial charge on any atom is -0.348 e. The zero-order valence-corrected chi connectivity index (χ0v) is 18.6. The molecule has 168 valence electrons. The Balaban J connectivity index is 1.39. The average Bonchev–Trinajstić information content (AvgIpc) is 3.51. The molecule has 8 nitrogen and oxygen atoms in total. The predicted octanol–water partition coefficient (Wildman–Crippen LogP) is 4.78. The van der Waals surface area contributed by atoms with Gasteiger partial charge < -0.3 is 4.90 Å². The molecule has 0 N–H and O–H groups in total. The summed E-state index contributed by atoms with van der Waals surface area (Å²) < 4.78 is 15.6. The van der Waals surface area contributed by atoms with Crippen LogP contribution in [0.1, 0.15) is 24.4 Å². The van der Waals surface area contributed by atoms with E-state index in [1.54, 1.807) is 47.4 Å². The summed E-state index contributed by atoms with van der Waals surface area (Å²) in [5.41, 5.74) is 3.50. The van der Waals surface area contributed by atoms with Crippen molar-refractivity contribution in [2.24, 2.45) is 0 Å². The first-order valence-electron chi connectivity index (χ1n) is 10.8. The van der Waals surface area contributed by atoms with Gasteiger partial charge in [-0.25, -0.2) is 33.8 Å². The monoisotopic (exact) mass is 472 g/mol. The largest absolute Gasteiger partial charge is 0.348 e. The van der Waals surface area contributed by atoms with Gasteiger partial charge in [0, 0.05) is 18.9 Å². The fourth-order valence-electron chi connectivity index (χ4n) is 4.37. The van der Waals surface area contributed by atoms with E-state index < -0.39 is 0 Å². The molecule has 4 aromatic heterocycles. The van der Waals surface area contributed by atoms with Crippen LogP contribution in [0.5, 0.6) is 0 Å². The van der Waals surface area contributed by atoms with Crippen LogP contribution in [0, 0.1) is 5.82 Å². The van der Waals surface area contributed by atoms with E-state index in [1.165, 1.54) is 6.07 Å². The Labute approximate surface area is 199 Å². The molecule has 0 amide bonds. The highest BCUT2D eigenvalue weighted by Gasteiger charge is 2.28. The van der Waals surface area contributed by atoms with Crippen molar-refractivity contribution in [2.75, 3.05) is 11.4 Å². The van der Waals surface area contributed by atoms with E-state index in [1.807, 2.05) is 18.2 Å². The third kappa shape index (κ3) is 3.73. The molecule has 1 fully saturated rings. The van der Waals surface area contributed by atoms with Crippen molar-refractivity contribution >= 4 is 23.1 Å². The Hall–Kier alpha value is -3.98. The van der Waals surface area contributed by atoms with Crippen molar-refractivity contribution in [2.45, 2.75) is 18.9 Å². The molecular weight excluding hydrogens is 455 g/mol. The lowest BCUT2D eigenvalue weighted by Crippen LogP contribution is -2.24. The van der Waals surface area contributed by atoms with E-state index in [2.05, 4.69) is 29.8 Å². The fourth-order valence-corrected chi connectivity index (χ4v) is 4.52. The molecule has 0 radical (unpaired) electrons. The van der Waals surface area contributed by atoms with Crippen molar-refractivity contribution in [3.05, 3.63) is 83.8 Å². The molecule has 0 saturated carbocycles. The van der Waals surface area contributed by atoms with Gasteiger partial charge in [-0.05, 0) is 66.4 Å². The highest BCUT2D eigenvalue weighted by molar-refractivity contribution is 6.28. The lowest BCUT2D eigenvalue weighted by molar-refractivity contribution is 0.617. The summed E-state index contributed by atoms with van der Waals surface area (Å²) in [4.78, 5) is 23.9. The zero-order valence-electron chi connectivity index (χ0n) is 17.9. The zero-order chi connectivity index (χ0) is 23.1. The minimum absolute atomic E-state index is 0.0645. The second-order valence-corrected chi connectivity index (χ2v) is 8.33. The van der Waals surface area contributed by atoms with Gasteiger partial charge in [-0.2, -0.15) is 0 Å². The Morgan fingerprint density at radius 3 is 2.65 bits per heavy atom. The van der Waals surface area contributed by atoms with Gasteiger partial charge in [-0.15, -0.1) is 5.10 Å². The number of benzene rings is 1. The SMILES string of the molecule is Fc1cccc(C2CCCN2c2ccc3ncc(-c4nccc(-c5ccnc(Cl)n5)n4)n3n2)c1. The summed E-state index contributed by atoms with van der Waals surface area (Å²) >= 11 is 5.94. The van der Waals surface area contributed by atoms with E-state index in [9.17, 15) is 4.39 Å². The van der Waals surface area contributed by atoms with Gasteiger partial charge in [0.2, 0.25) is 5.28 Å². The van der Waals surface area contributed by atoms with Crippen LogP contribution in [0.3, 0.4) is 0 Å². The first-order valence-corrected chi connectivity index (χ1v) is 11.2. The molecule has 1 atom stereocenters. The molecule has 0 aliphatic carbocycles.